The smallest absolute Gasteiger partial charge is 0.233 e. The molecule has 1 aromatic carbocycles. The second-order valence-electron chi connectivity index (χ2n) is 6.13. The van der Waals surface area contributed by atoms with Gasteiger partial charge in [-0.3, -0.25) is 4.79 Å². The van der Waals surface area contributed by atoms with Gasteiger partial charge in [-0.2, -0.15) is 0 Å². The predicted molar refractivity (Wildman–Crippen MR) is 90.0 cm³/mol. The number of carbonyl (C=O) groups is 1. The highest BCUT2D eigenvalue weighted by molar-refractivity contribution is 7.80. The lowest BCUT2D eigenvalue weighted by molar-refractivity contribution is -0.134. The minimum absolute atomic E-state index is 0.0996. The van der Waals surface area contributed by atoms with Gasteiger partial charge in [0, 0.05) is 12.6 Å². The summed E-state index contributed by atoms with van der Waals surface area (Å²) < 4.78 is 0. The van der Waals surface area contributed by atoms with Crippen LogP contribution in [0.25, 0.3) is 0 Å². The fourth-order valence-corrected chi connectivity index (χ4v) is 3.30. The average Bonchev–Trinajstić information content (AvgIpc) is 2.94. The molecule has 114 valence electrons. The summed E-state index contributed by atoms with van der Waals surface area (Å²) in [5.74, 6) is 0.185. The zero-order chi connectivity index (χ0) is 15.4. The van der Waals surface area contributed by atoms with Crippen LogP contribution < -0.4 is 5.73 Å². The minimum atomic E-state index is -0.387. The van der Waals surface area contributed by atoms with Crippen LogP contribution in [0.15, 0.2) is 30.3 Å². The van der Waals surface area contributed by atoms with Gasteiger partial charge in [0.1, 0.15) is 0 Å². The molecule has 2 N–H and O–H groups in total. The standard InChI is InChI=1S/C17H24N2OS/c1-12(2)15-9-6-10-19(15)17(20)14(16(18)21)11-13-7-4-3-5-8-13/h3-5,7-8,12,14-15H,6,9-11H2,1-2H3,(H2,18,21). The quantitative estimate of drug-likeness (QED) is 0.851. The number of likely N-dealkylation sites (tertiary alicyclic amines) is 1. The van der Waals surface area contributed by atoms with Crippen molar-refractivity contribution in [2.24, 2.45) is 17.6 Å². The highest BCUT2D eigenvalue weighted by Crippen LogP contribution is 2.26. The molecule has 2 atom stereocenters. The van der Waals surface area contributed by atoms with Crippen LogP contribution in [0.4, 0.5) is 0 Å². The number of hydrogen-bond donors (Lipinski definition) is 1. The number of nitrogens with two attached hydrogens (primary N) is 1. The van der Waals surface area contributed by atoms with E-state index in [0.717, 1.165) is 24.9 Å². The Morgan fingerprint density at radius 3 is 2.62 bits per heavy atom. The Bertz CT molecular complexity index is 501. The van der Waals surface area contributed by atoms with E-state index in [4.69, 9.17) is 18.0 Å². The van der Waals surface area contributed by atoms with Crippen LogP contribution in [-0.4, -0.2) is 28.4 Å². The first-order valence-corrected chi connectivity index (χ1v) is 8.05. The van der Waals surface area contributed by atoms with Crippen molar-refractivity contribution in [1.82, 2.24) is 4.90 Å². The maximum Gasteiger partial charge on any atom is 0.233 e. The molecule has 0 aliphatic carbocycles. The van der Waals surface area contributed by atoms with Gasteiger partial charge in [-0.05, 0) is 30.7 Å². The number of thiocarbonyl (C=S) groups is 1. The van der Waals surface area contributed by atoms with E-state index in [1.165, 1.54) is 0 Å². The number of carbonyl (C=O) groups excluding carboxylic acids is 1. The fraction of sp³-hybridized carbons (Fsp3) is 0.529. The zero-order valence-corrected chi connectivity index (χ0v) is 13.6. The predicted octanol–water partition coefficient (Wildman–Crippen LogP) is 2.78. The second kappa shape index (κ2) is 7.03. The van der Waals surface area contributed by atoms with Crippen molar-refractivity contribution in [1.29, 1.82) is 0 Å². The molecule has 3 nitrogen and oxygen atoms in total. The van der Waals surface area contributed by atoms with Crippen LogP contribution in [-0.2, 0) is 11.2 Å². The Kier molecular flexibility index (Phi) is 5.34. The summed E-state index contributed by atoms with van der Waals surface area (Å²) >= 11 is 5.16. The number of hydrogen-bond acceptors (Lipinski definition) is 2. The molecule has 1 aliphatic heterocycles. The van der Waals surface area contributed by atoms with E-state index in [1.807, 2.05) is 35.2 Å². The maximum absolute atomic E-state index is 12.9. The summed E-state index contributed by atoms with van der Waals surface area (Å²) in [4.78, 5) is 15.2. The molecule has 4 heteroatoms. The molecule has 0 saturated carbocycles. The summed E-state index contributed by atoms with van der Waals surface area (Å²) in [6.07, 6.45) is 2.75. The molecular formula is C17H24N2OS. The summed E-state index contributed by atoms with van der Waals surface area (Å²) in [7, 11) is 0. The van der Waals surface area contributed by atoms with Gasteiger partial charge in [-0.15, -0.1) is 0 Å². The van der Waals surface area contributed by atoms with Gasteiger partial charge < -0.3 is 10.6 Å². The minimum Gasteiger partial charge on any atom is -0.393 e. The molecule has 1 aliphatic rings. The lowest BCUT2D eigenvalue weighted by atomic mass is 9.96. The molecule has 0 radical (unpaired) electrons. The fourth-order valence-electron chi connectivity index (χ4n) is 3.12. The third-order valence-corrected chi connectivity index (χ3v) is 4.56. The van der Waals surface area contributed by atoms with Crippen LogP contribution in [0.3, 0.4) is 0 Å². The van der Waals surface area contributed by atoms with Gasteiger partial charge in [-0.25, -0.2) is 0 Å². The number of rotatable bonds is 5. The molecular weight excluding hydrogens is 280 g/mol. The molecule has 1 saturated heterocycles. The molecule has 2 rings (SSSR count). The number of nitrogens with zero attached hydrogens (tertiary/aromatic N) is 1. The summed E-state index contributed by atoms with van der Waals surface area (Å²) in [6, 6.07) is 10.3. The van der Waals surface area contributed by atoms with Crippen molar-refractivity contribution >= 4 is 23.1 Å². The molecule has 1 amide bonds. The summed E-state index contributed by atoms with van der Waals surface area (Å²) in [5, 5.41) is 0. The van der Waals surface area contributed by atoms with Crippen molar-refractivity contribution < 1.29 is 4.79 Å². The van der Waals surface area contributed by atoms with Gasteiger partial charge >= 0.3 is 0 Å². The van der Waals surface area contributed by atoms with Crippen LogP contribution in [0.1, 0.15) is 32.3 Å². The van der Waals surface area contributed by atoms with E-state index in [0.29, 0.717) is 23.4 Å². The van der Waals surface area contributed by atoms with Crippen LogP contribution in [0.5, 0.6) is 0 Å². The lowest BCUT2D eigenvalue weighted by Crippen LogP contribution is -2.46. The lowest BCUT2D eigenvalue weighted by Gasteiger charge is -2.31. The normalized spacial score (nSPS) is 19.8. The number of amides is 1. The van der Waals surface area contributed by atoms with Gasteiger partial charge in [-0.1, -0.05) is 56.4 Å². The first-order valence-electron chi connectivity index (χ1n) is 7.64. The van der Waals surface area contributed by atoms with Crippen molar-refractivity contribution in [3.8, 4) is 0 Å². The third kappa shape index (κ3) is 3.82. The Morgan fingerprint density at radius 1 is 1.38 bits per heavy atom. The highest BCUT2D eigenvalue weighted by Gasteiger charge is 2.35. The van der Waals surface area contributed by atoms with E-state index in [-0.39, 0.29) is 11.8 Å². The van der Waals surface area contributed by atoms with Crippen LogP contribution in [0.2, 0.25) is 0 Å². The van der Waals surface area contributed by atoms with Crippen molar-refractivity contribution in [3.63, 3.8) is 0 Å². The van der Waals surface area contributed by atoms with Crippen molar-refractivity contribution in [3.05, 3.63) is 35.9 Å². The molecule has 1 aromatic rings. The van der Waals surface area contributed by atoms with Gasteiger partial charge in [0.05, 0.1) is 10.9 Å². The molecule has 1 fully saturated rings. The van der Waals surface area contributed by atoms with E-state index >= 15 is 0 Å². The summed E-state index contributed by atoms with van der Waals surface area (Å²) in [5.41, 5.74) is 6.96. The van der Waals surface area contributed by atoms with Crippen molar-refractivity contribution in [2.75, 3.05) is 6.54 Å². The maximum atomic E-state index is 12.9. The van der Waals surface area contributed by atoms with Gasteiger partial charge in [0.25, 0.3) is 0 Å². The topological polar surface area (TPSA) is 46.3 Å². The molecule has 21 heavy (non-hydrogen) atoms. The summed E-state index contributed by atoms with van der Waals surface area (Å²) in [6.45, 7) is 5.17. The van der Waals surface area contributed by atoms with E-state index < -0.39 is 0 Å². The first-order chi connectivity index (χ1) is 10.0. The molecule has 1 heterocycles. The van der Waals surface area contributed by atoms with Crippen LogP contribution in [0, 0.1) is 11.8 Å². The van der Waals surface area contributed by atoms with E-state index in [1.54, 1.807) is 0 Å². The first kappa shape index (κ1) is 16.0. The monoisotopic (exact) mass is 304 g/mol. The van der Waals surface area contributed by atoms with Gasteiger partial charge in [0.15, 0.2) is 0 Å². The average molecular weight is 304 g/mol. The Labute approximate surface area is 132 Å². The second-order valence-corrected chi connectivity index (χ2v) is 6.60. The van der Waals surface area contributed by atoms with Gasteiger partial charge in [0.2, 0.25) is 5.91 Å². The van der Waals surface area contributed by atoms with E-state index in [2.05, 4.69) is 13.8 Å². The molecule has 0 spiro atoms. The number of benzene rings is 1. The Balaban J connectivity index is 2.14. The van der Waals surface area contributed by atoms with E-state index in [9.17, 15) is 4.79 Å². The zero-order valence-electron chi connectivity index (χ0n) is 12.8. The van der Waals surface area contributed by atoms with Crippen molar-refractivity contribution in [2.45, 2.75) is 39.2 Å². The highest BCUT2D eigenvalue weighted by atomic mass is 32.1. The Morgan fingerprint density at radius 2 is 2.05 bits per heavy atom. The largest absolute Gasteiger partial charge is 0.393 e. The Hall–Kier alpha value is -1.42. The molecule has 2 unspecified atom stereocenters. The SMILES string of the molecule is CC(C)C1CCCN1C(=O)C(Cc1ccccc1)C(N)=S. The molecule has 0 bridgehead atoms. The third-order valence-electron chi connectivity index (χ3n) is 4.28. The molecule has 0 aromatic heterocycles. The van der Waals surface area contributed by atoms with Crippen LogP contribution >= 0.6 is 12.2 Å².